The van der Waals surface area contributed by atoms with E-state index in [9.17, 15) is 0 Å². The summed E-state index contributed by atoms with van der Waals surface area (Å²) < 4.78 is 0. The zero-order valence-electron chi connectivity index (χ0n) is 15.7. The number of nitrogens with two attached hydrogens (primary N) is 1. The van der Waals surface area contributed by atoms with Crippen molar-refractivity contribution in [2.75, 3.05) is 49.5 Å². The van der Waals surface area contributed by atoms with Gasteiger partial charge in [0.1, 0.15) is 0 Å². The normalized spacial score (nSPS) is 15.3. The van der Waals surface area contributed by atoms with Gasteiger partial charge >= 0.3 is 0 Å². The second-order valence-corrected chi connectivity index (χ2v) is 6.32. The number of nitrogens with one attached hydrogen (secondary N) is 1. The first-order valence-electron chi connectivity index (χ1n) is 9.15. The zero-order chi connectivity index (χ0) is 18.2. The van der Waals surface area contributed by atoms with Crippen LogP contribution in [0, 0.1) is 0 Å². The lowest BCUT2D eigenvalue weighted by Gasteiger charge is -2.34. The van der Waals surface area contributed by atoms with Gasteiger partial charge < -0.3 is 16.0 Å². The minimum atomic E-state index is 0. The van der Waals surface area contributed by atoms with Gasteiger partial charge in [-0.2, -0.15) is 0 Å². The lowest BCUT2D eigenvalue weighted by molar-refractivity contribution is 0.264. The molecule has 1 aliphatic rings. The number of halogens is 1. The average Bonchev–Trinajstić information content (AvgIpc) is 2.70. The molecule has 2 aromatic rings. The molecular formula is C19H28IN7. The highest BCUT2D eigenvalue weighted by atomic mass is 127. The Morgan fingerprint density at radius 2 is 1.78 bits per heavy atom. The summed E-state index contributed by atoms with van der Waals surface area (Å²) in [5.41, 5.74) is 8.27. The van der Waals surface area contributed by atoms with E-state index in [1.807, 2.05) is 18.2 Å². The standard InChI is InChI=1S/C19H27N7.HI/c1-2-16-4-6-17(7-5-16)24-18(20)21-10-11-25-12-14-26(15-13-25)19-22-8-3-9-23-19;/h3-9H,2,10-15H2,1H3,(H3,20,21,24);1H. The second-order valence-electron chi connectivity index (χ2n) is 6.32. The van der Waals surface area contributed by atoms with Crippen molar-refractivity contribution in [2.24, 2.45) is 10.7 Å². The molecule has 2 heterocycles. The van der Waals surface area contributed by atoms with Crippen molar-refractivity contribution in [2.45, 2.75) is 13.3 Å². The van der Waals surface area contributed by atoms with Crippen LogP contribution in [0.4, 0.5) is 11.6 Å². The molecule has 1 aliphatic heterocycles. The number of aliphatic imine (C=N–C) groups is 1. The van der Waals surface area contributed by atoms with Gasteiger partial charge in [0.2, 0.25) is 5.95 Å². The van der Waals surface area contributed by atoms with E-state index in [2.05, 4.69) is 49.1 Å². The van der Waals surface area contributed by atoms with Crippen molar-refractivity contribution in [1.29, 1.82) is 0 Å². The van der Waals surface area contributed by atoms with Crippen molar-refractivity contribution >= 4 is 41.6 Å². The fraction of sp³-hybridized carbons (Fsp3) is 0.421. The molecule has 146 valence electrons. The highest BCUT2D eigenvalue weighted by Crippen LogP contribution is 2.10. The summed E-state index contributed by atoms with van der Waals surface area (Å²) in [4.78, 5) is 17.7. The number of aryl methyl sites for hydroxylation is 1. The maximum atomic E-state index is 5.99. The van der Waals surface area contributed by atoms with Gasteiger partial charge in [-0.05, 0) is 30.2 Å². The molecule has 0 bridgehead atoms. The first-order chi connectivity index (χ1) is 12.7. The Labute approximate surface area is 178 Å². The lowest BCUT2D eigenvalue weighted by atomic mass is 10.1. The first kappa shape index (κ1) is 21.4. The number of guanidine groups is 1. The number of nitrogens with zero attached hydrogens (tertiary/aromatic N) is 5. The molecule has 0 atom stereocenters. The average molecular weight is 481 g/mol. The van der Waals surface area contributed by atoms with E-state index in [-0.39, 0.29) is 24.0 Å². The number of hydrogen-bond donors (Lipinski definition) is 2. The molecule has 1 aromatic carbocycles. The molecule has 1 fully saturated rings. The second kappa shape index (κ2) is 11.0. The van der Waals surface area contributed by atoms with Crippen LogP contribution in [0.5, 0.6) is 0 Å². The van der Waals surface area contributed by atoms with E-state index in [0.29, 0.717) is 12.5 Å². The van der Waals surface area contributed by atoms with Crippen molar-refractivity contribution in [1.82, 2.24) is 14.9 Å². The largest absolute Gasteiger partial charge is 0.370 e. The van der Waals surface area contributed by atoms with Crippen LogP contribution in [0.1, 0.15) is 12.5 Å². The molecule has 0 unspecified atom stereocenters. The number of hydrogen-bond acceptors (Lipinski definition) is 5. The molecule has 0 radical (unpaired) electrons. The third-order valence-electron chi connectivity index (χ3n) is 4.54. The highest BCUT2D eigenvalue weighted by molar-refractivity contribution is 14.0. The van der Waals surface area contributed by atoms with E-state index in [1.165, 1.54) is 5.56 Å². The Kier molecular flexibility index (Phi) is 8.73. The van der Waals surface area contributed by atoms with Gasteiger partial charge in [-0.15, -0.1) is 24.0 Å². The number of rotatable bonds is 6. The monoisotopic (exact) mass is 481 g/mol. The summed E-state index contributed by atoms with van der Waals surface area (Å²) in [7, 11) is 0. The van der Waals surface area contributed by atoms with Crippen LogP contribution >= 0.6 is 24.0 Å². The molecule has 0 spiro atoms. The Bertz CT molecular complexity index is 698. The number of aromatic nitrogens is 2. The van der Waals surface area contributed by atoms with Crippen LogP contribution in [-0.4, -0.2) is 60.1 Å². The van der Waals surface area contributed by atoms with Crippen molar-refractivity contribution in [3.8, 4) is 0 Å². The number of anilines is 2. The minimum absolute atomic E-state index is 0. The van der Waals surface area contributed by atoms with E-state index >= 15 is 0 Å². The van der Waals surface area contributed by atoms with E-state index in [0.717, 1.165) is 50.8 Å². The van der Waals surface area contributed by atoms with Gasteiger partial charge in [0.25, 0.3) is 0 Å². The molecular weight excluding hydrogens is 453 g/mol. The van der Waals surface area contributed by atoms with E-state index in [4.69, 9.17) is 5.73 Å². The molecule has 8 heteroatoms. The molecule has 0 aliphatic carbocycles. The fourth-order valence-electron chi connectivity index (χ4n) is 2.95. The smallest absolute Gasteiger partial charge is 0.225 e. The molecule has 0 amide bonds. The van der Waals surface area contributed by atoms with Gasteiger partial charge in [-0.1, -0.05) is 19.1 Å². The minimum Gasteiger partial charge on any atom is -0.370 e. The topological polar surface area (TPSA) is 82.7 Å². The van der Waals surface area contributed by atoms with Crippen molar-refractivity contribution < 1.29 is 0 Å². The van der Waals surface area contributed by atoms with E-state index < -0.39 is 0 Å². The van der Waals surface area contributed by atoms with Crippen molar-refractivity contribution in [3.63, 3.8) is 0 Å². The Hall–Kier alpha value is -1.94. The molecule has 27 heavy (non-hydrogen) atoms. The van der Waals surface area contributed by atoms with Crippen LogP contribution in [0.2, 0.25) is 0 Å². The summed E-state index contributed by atoms with van der Waals surface area (Å²) >= 11 is 0. The van der Waals surface area contributed by atoms with Crippen LogP contribution in [0.3, 0.4) is 0 Å². The molecule has 3 N–H and O–H groups in total. The predicted molar refractivity (Wildman–Crippen MR) is 122 cm³/mol. The summed E-state index contributed by atoms with van der Waals surface area (Å²) in [6.45, 7) is 7.58. The number of benzene rings is 1. The summed E-state index contributed by atoms with van der Waals surface area (Å²) in [5, 5.41) is 3.14. The Balaban J connectivity index is 0.00000261. The molecule has 3 rings (SSSR count). The van der Waals surface area contributed by atoms with Crippen LogP contribution < -0.4 is 16.0 Å². The van der Waals surface area contributed by atoms with Gasteiger partial charge in [0, 0.05) is 50.8 Å². The molecule has 7 nitrogen and oxygen atoms in total. The SMILES string of the molecule is CCc1ccc(NC(N)=NCCN2CCN(c3ncccn3)CC2)cc1.I. The predicted octanol–water partition coefficient (Wildman–Crippen LogP) is 2.21. The van der Waals surface area contributed by atoms with Crippen LogP contribution in [-0.2, 0) is 6.42 Å². The fourth-order valence-corrected chi connectivity index (χ4v) is 2.95. The third kappa shape index (κ3) is 6.62. The first-order valence-corrected chi connectivity index (χ1v) is 9.15. The zero-order valence-corrected chi connectivity index (χ0v) is 18.0. The maximum absolute atomic E-state index is 5.99. The van der Waals surface area contributed by atoms with Crippen LogP contribution in [0.15, 0.2) is 47.7 Å². The summed E-state index contributed by atoms with van der Waals surface area (Å²) in [6, 6.07) is 10.1. The Morgan fingerprint density at radius 3 is 2.41 bits per heavy atom. The lowest BCUT2D eigenvalue weighted by Crippen LogP contribution is -2.47. The quantitative estimate of drug-likeness (QED) is 0.374. The van der Waals surface area contributed by atoms with Gasteiger partial charge in [0.05, 0.1) is 6.54 Å². The van der Waals surface area contributed by atoms with Gasteiger partial charge in [0.15, 0.2) is 5.96 Å². The van der Waals surface area contributed by atoms with E-state index in [1.54, 1.807) is 12.4 Å². The van der Waals surface area contributed by atoms with Gasteiger partial charge in [-0.25, -0.2) is 9.97 Å². The summed E-state index contributed by atoms with van der Waals surface area (Å²) in [6.07, 6.45) is 4.61. The van der Waals surface area contributed by atoms with Gasteiger partial charge in [-0.3, -0.25) is 9.89 Å². The summed E-state index contributed by atoms with van der Waals surface area (Å²) in [5.74, 6) is 1.28. The van der Waals surface area contributed by atoms with Crippen LogP contribution in [0.25, 0.3) is 0 Å². The molecule has 1 saturated heterocycles. The number of piperazine rings is 1. The van der Waals surface area contributed by atoms with Crippen molar-refractivity contribution in [3.05, 3.63) is 48.3 Å². The molecule has 0 saturated carbocycles. The maximum Gasteiger partial charge on any atom is 0.225 e. The Morgan fingerprint density at radius 1 is 1.11 bits per heavy atom. The molecule has 1 aromatic heterocycles. The highest BCUT2D eigenvalue weighted by Gasteiger charge is 2.18. The third-order valence-corrected chi connectivity index (χ3v) is 4.54.